The van der Waals surface area contributed by atoms with Crippen molar-refractivity contribution in [2.45, 2.75) is 90.5 Å². The highest BCUT2D eigenvalue weighted by atomic mass is 16.7. The summed E-state index contributed by atoms with van der Waals surface area (Å²) in [5.74, 6) is -3.55. The molecule has 0 saturated heterocycles. The van der Waals surface area contributed by atoms with E-state index in [1.165, 1.54) is 0 Å². The summed E-state index contributed by atoms with van der Waals surface area (Å²) in [7, 11) is 0. The SMILES string of the molecule is CC(C)CC(NC(=O)OCc1ccccc1)C(=O)NC(CO)C(O)C(O)C(O)C(=O)NC(CC(=O)OCOC(=O)C(C)(C)C)c1ccccc1. The molecule has 2 aromatic rings. The highest BCUT2D eigenvalue weighted by Crippen LogP contribution is 2.19. The fourth-order valence-corrected chi connectivity index (χ4v) is 4.50. The van der Waals surface area contributed by atoms with E-state index in [1.807, 2.05) is 0 Å². The maximum atomic E-state index is 13.2. The molecule has 50 heavy (non-hydrogen) atoms. The predicted octanol–water partition coefficient (Wildman–Crippen LogP) is 1.22. The lowest BCUT2D eigenvalue weighted by atomic mass is 9.98. The largest absolute Gasteiger partial charge is 0.445 e. The molecule has 0 aliphatic heterocycles. The third kappa shape index (κ3) is 14.1. The minimum Gasteiger partial charge on any atom is -0.445 e. The Labute approximate surface area is 291 Å². The number of aliphatic hydroxyl groups excluding tert-OH is 4. The van der Waals surface area contributed by atoms with Gasteiger partial charge in [0.1, 0.15) is 24.9 Å². The second kappa shape index (κ2) is 20.2. The zero-order chi connectivity index (χ0) is 37.4. The molecule has 0 aliphatic carbocycles. The highest BCUT2D eigenvalue weighted by Gasteiger charge is 2.38. The number of hydrogen-bond donors (Lipinski definition) is 7. The summed E-state index contributed by atoms with van der Waals surface area (Å²) in [5, 5.41) is 49.4. The number of amides is 3. The van der Waals surface area contributed by atoms with Gasteiger partial charge >= 0.3 is 18.0 Å². The smallest absolute Gasteiger partial charge is 0.408 e. The van der Waals surface area contributed by atoms with Gasteiger partial charge in [-0.3, -0.25) is 19.2 Å². The Morgan fingerprint density at radius 2 is 1.36 bits per heavy atom. The van der Waals surface area contributed by atoms with Gasteiger partial charge < -0.3 is 50.6 Å². The molecule has 0 spiro atoms. The molecule has 0 saturated carbocycles. The summed E-state index contributed by atoms with van der Waals surface area (Å²) >= 11 is 0. The molecular weight excluding hydrogens is 654 g/mol. The number of carbonyl (C=O) groups excluding carboxylic acids is 5. The van der Waals surface area contributed by atoms with Crippen molar-refractivity contribution in [3.63, 3.8) is 0 Å². The minimum atomic E-state index is -2.29. The van der Waals surface area contributed by atoms with Crippen LogP contribution in [0.2, 0.25) is 0 Å². The van der Waals surface area contributed by atoms with Crippen molar-refractivity contribution in [2.75, 3.05) is 13.4 Å². The third-order valence-electron chi connectivity index (χ3n) is 7.32. The summed E-state index contributed by atoms with van der Waals surface area (Å²) < 4.78 is 15.1. The zero-order valence-corrected chi connectivity index (χ0v) is 28.9. The van der Waals surface area contributed by atoms with E-state index in [-0.39, 0.29) is 18.9 Å². The molecule has 15 nitrogen and oxygen atoms in total. The van der Waals surface area contributed by atoms with E-state index in [9.17, 15) is 44.4 Å². The number of ether oxygens (including phenoxy) is 3. The first kappa shape index (κ1) is 41.6. The van der Waals surface area contributed by atoms with Gasteiger partial charge in [-0.25, -0.2) is 4.79 Å². The summed E-state index contributed by atoms with van der Waals surface area (Å²) in [6.45, 7) is 6.86. The maximum absolute atomic E-state index is 13.2. The third-order valence-corrected chi connectivity index (χ3v) is 7.32. The van der Waals surface area contributed by atoms with Crippen molar-refractivity contribution < 1.29 is 58.6 Å². The molecule has 276 valence electrons. The van der Waals surface area contributed by atoms with E-state index in [1.54, 1.807) is 95.3 Å². The average Bonchev–Trinajstić information content (AvgIpc) is 3.08. The fraction of sp³-hybridized carbons (Fsp3) is 0.514. The molecule has 6 atom stereocenters. The lowest BCUT2D eigenvalue weighted by Crippen LogP contribution is -2.59. The molecule has 2 rings (SSSR count). The Hall–Kier alpha value is -4.57. The molecule has 2 aromatic carbocycles. The van der Waals surface area contributed by atoms with Crippen LogP contribution < -0.4 is 16.0 Å². The minimum absolute atomic E-state index is 0.0496. The van der Waals surface area contributed by atoms with Crippen molar-refractivity contribution in [1.82, 2.24) is 16.0 Å². The van der Waals surface area contributed by atoms with E-state index >= 15 is 0 Å². The number of benzene rings is 2. The monoisotopic (exact) mass is 703 g/mol. The predicted molar refractivity (Wildman–Crippen MR) is 178 cm³/mol. The molecule has 0 aromatic heterocycles. The molecule has 0 aliphatic rings. The standard InChI is InChI=1S/C35H49N3O12/c1-21(2)16-25(38-34(47)48-19-22-12-8-6-9-13-22)31(44)37-26(18-39)28(41)29(42)30(43)32(45)36-24(23-14-10-7-11-15-23)17-27(40)49-20-50-33(46)35(3,4)5/h6-15,21,24-26,28-30,39,41-43H,16-20H2,1-5H3,(H,36,45)(H,37,44)(H,38,47). The molecule has 0 heterocycles. The topological polar surface area (TPSA) is 230 Å². The van der Waals surface area contributed by atoms with Crippen LogP contribution in [0.1, 0.15) is 64.6 Å². The second-order valence-corrected chi connectivity index (χ2v) is 13.1. The number of hydrogen-bond acceptors (Lipinski definition) is 12. The van der Waals surface area contributed by atoms with E-state index in [0.29, 0.717) is 5.56 Å². The molecule has 7 N–H and O–H groups in total. The summed E-state index contributed by atoms with van der Waals surface area (Å²) in [6.07, 6.45) is -7.76. The van der Waals surface area contributed by atoms with Gasteiger partial charge in [0, 0.05) is 0 Å². The Kier molecular flexibility index (Phi) is 16.8. The van der Waals surface area contributed by atoms with Crippen LogP contribution >= 0.6 is 0 Å². The van der Waals surface area contributed by atoms with Crippen molar-refractivity contribution in [1.29, 1.82) is 0 Å². The molecular formula is C35H49N3O12. The van der Waals surface area contributed by atoms with Crippen LogP contribution in [0.5, 0.6) is 0 Å². The maximum Gasteiger partial charge on any atom is 0.408 e. The summed E-state index contributed by atoms with van der Waals surface area (Å²) in [6, 6.07) is 13.2. The lowest BCUT2D eigenvalue weighted by Gasteiger charge is -2.30. The molecule has 15 heteroatoms. The van der Waals surface area contributed by atoms with Crippen LogP contribution in [0.4, 0.5) is 4.79 Å². The number of nitrogens with one attached hydrogen (secondary N) is 3. The van der Waals surface area contributed by atoms with Crippen LogP contribution in [0.15, 0.2) is 60.7 Å². The lowest BCUT2D eigenvalue weighted by molar-refractivity contribution is -0.173. The van der Waals surface area contributed by atoms with Gasteiger partial charge in [-0.15, -0.1) is 0 Å². The summed E-state index contributed by atoms with van der Waals surface area (Å²) in [4.78, 5) is 63.2. The zero-order valence-electron chi connectivity index (χ0n) is 28.9. The van der Waals surface area contributed by atoms with Crippen molar-refractivity contribution in [3.05, 3.63) is 71.8 Å². The molecule has 3 amide bonds. The van der Waals surface area contributed by atoms with Crippen LogP contribution in [-0.2, 0) is 40.0 Å². The van der Waals surface area contributed by atoms with Crippen LogP contribution in [0, 0.1) is 11.3 Å². The average molecular weight is 704 g/mol. The molecule has 0 bridgehead atoms. The highest BCUT2D eigenvalue weighted by molar-refractivity contribution is 5.86. The van der Waals surface area contributed by atoms with Crippen molar-refractivity contribution >= 4 is 29.8 Å². The number of rotatable bonds is 18. The van der Waals surface area contributed by atoms with Gasteiger partial charge in [-0.2, -0.15) is 0 Å². The van der Waals surface area contributed by atoms with Gasteiger partial charge in [0.15, 0.2) is 6.10 Å². The fourth-order valence-electron chi connectivity index (χ4n) is 4.50. The van der Waals surface area contributed by atoms with Crippen LogP contribution in [-0.4, -0.2) is 94.1 Å². The van der Waals surface area contributed by atoms with Gasteiger partial charge in [-0.05, 0) is 44.2 Å². The number of esters is 2. The Balaban J connectivity index is 2.05. The first-order valence-electron chi connectivity index (χ1n) is 16.1. The van der Waals surface area contributed by atoms with Crippen LogP contribution in [0.3, 0.4) is 0 Å². The number of carbonyl (C=O) groups is 5. The molecule has 0 radical (unpaired) electrons. The molecule has 6 unspecified atom stereocenters. The Morgan fingerprint density at radius 1 is 0.760 bits per heavy atom. The van der Waals surface area contributed by atoms with E-state index in [0.717, 1.165) is 5.56 Å². The first-order valence-corrected chi connectivity index (χ1v) is 16.1. The van der Waals surface area contributed by atoms with E-state index in [4.69, 9.17) is 14.2 Å². The van der Waals surface area contributed by atoms with Crippen molar-refractivity contribution in [3.8, 4) is 0 Å². The normalized spacial score (nSPS) is 15.0. The quantitative estimate of drug-likeness (QED) is 0.0859. The van der Waals surface area contributed by atoms with E-state index < -0.39 is 91.5 Å². The number of alkyl carbamates (subject to hydrolysis) is 1. The van der Waals surface area contributed by atoms with E-state index in [2.05, 4.69) is 16.0 Å². The summed E-state index contributed by atoms with van der Waals surface area (Å²) in [5.41, 5.74) is 0.329. The van der Waals surface area contributed by atoms with Gasteiger partial charge in [0.05, 0.1) is 30.5 Å². The van der Waals surface area contributed by atoms with Gasteiger partial charge in [-0.1, -0.05) is 74.5 Å². The van der Waals surface area contributed by atoms with Crippen LogP contribution in [0.25, 0.3) is 0 Å². The molecule has 0 fully saturated rings. The Morgan fingerprint density at radius 3 is 1.92 bits per heavy atom. The Bertz CT molecular complexity index is 1380. The first-order chi connectivity index (χ1) is 23.5. The van der Waals surface area contributed by atoms with Gasteiger partial charge in [0.25, 0.3) is 5.91 Å². The van der Waals surface area contributed by atoms with Gasteiger partial charge in [0.2, 0.25) is 12.7 Å². The second-order valence-electron chi connectivity index (χ2n) is 13.1. The van der Waals surface area contributed by atoms with Crippen molar-refractivity contribution in [2.24, 2.45) is 11.3 Å². The number of aliphatic hydroxyl groups is 4.